The number of ether oxygens (including phenoxy) is 2. The Morgan fingerprint density at radius 2 is 2.15 bits per heavy atom. The molecule has 10 nitrogen and oxygen atoms in total. The van der Waals surface area contributed by atoms with E-state index in [4.69, 9.17) is 21.1 Å². The van der Waals surface area contributed by atoms with E-state index in [9.17, 15) is 20.0 Å². The Hall–Kier alpha value is -2.14. The van der Waals surface area contributed by atoms with Gasteiger partial charge in [0.25, 0.3) is 5.09 Å². The van der Waals surface area contributed by atoms with Crippen molar-refractivity contribution in [2.24, 2.45) is 0 Å². The van der Waals surface area contributed by atoms with E-state index in [1.54, 1.807) is 12.1 Å². The lowest BCUT2D eigenvalue weighted by molar-refractivity contribution is -0.758. The number of carbonyl (C=O) groups excluding carboxylic acids is 1. The lowest BCUT2D eigenvalue weighted by Crippen LogP contribution is -2.38. The largest absolute Gasteiger partial charge is 0.489 e. The zero-order valence-corrected chi connectivity index (χ0v) is 15.7. The van der Waals surface area contributed by atoms with Crippen LogP contribution in [0.4, 0.5) is 0 Å². The quantitative estimate of drug-likeness (QED) is 0.229. The first-order chi connectivity index (χ1) is 12.9. The summed E-state index contributed by atoms with van der Waals surface area (Å²) in [6.07, 6.45) is -0.734. The monoisotopic (exact) mass is 405 g/mol. The molecule has 0 bridgehead atoms. The van der Waals surface area contributed by atoms with E-state index in [0.29, 0.717) is 23.9 Å². The van der Waals surface area contributed by atoms with Crippen molar-refractivity contribution in [2.75, 3.05) is 46.1 Å². The maximum absolute atomic E-state index is 11.4. The predicted molar refractivity (Wildman–Crippen MR) is 97.3 cm³/mol. The fraction of sp³-hybridized carbons (Fsp3) is 0.562. The molecule has 0 radical (unpaired) electrons. The maximum atomic E-state index is 11.4. The van der Waals surface area contributed by atoms with E-state index < -0.39 is 11.2 Å². The molecule has 0 aromatic heterocycles. The Morgan fingerprint density at radius 1 is 1.37 bits per heavy atom. The second kappa shape index (κ2) is 13.1. The zero-order valence-electron chi connectivity index (χ0n) is 15.0. The predicted octanol–water partition coefficient (Wildman–Crippen LogP) is 0.319. The first kappa shape index (κ1) is 22.9. The second-order valence-electron chi connectivity index (χ2n) is 5.56. The Kier molecular flexibility index (Phi) is 11.1. The average Bonchev–Trinajstić information content (AvgIpc) is 2.61. The van der Waals surface area contributed by atoms with Crippen molar-refractivity contribution in [1.82, 2.24) is 10.6 Å². The average molecular weight is 406 g/mol. The number of aliphatic hydroxyl groups is 1. The Morgan fingerprint density at radius 3 is 2.89 bits per heavy atom. The van der Waals surface area contributed by atoms with Crippen molar-refractivity contribution in [1.29, 1.82) is 0 Å². The molecule has 0 aliphatic rings. The van der Waals surface area contributed by atoms with Gasteiger partial charge in [0, 0.05) is 19.6 Å². The molecule has 0 aliphatic carbocycles. The van der Waals surface area contributed by atoms with Crippen LogP contribution in [0.1, 0.15) is 5.56 Å². The summed E-state index contributed by atoms with van der Waals surface area (Å²) in [5.41, 5.74) is 1.01. The smallest absolute Gasteiger partial charge is 0.294 e. The van der Waals surface area contributed by atoms with Crippen LogP contribution >= 0.6 is 11.6 Å². The summed E-state index contributed by atoms with van der Waals surface area (Å²) in [5, 5.41) is 24.9. The van der Waals surface area contributed by atoms with Crippen LogP contribution in [0.2, 0.25) is 5.02 Å². The van der Waals surface area contributed by atoms with Gasteiger partial charge in [-0.1, -0.05) is 17.7 Å². The molecule has 0 fully saturated rings. The summed E-state index contributed by atoms with van der Waals surface area (Å²) < 4.78 is 10.4. The number of carbonyl (C=O) groups is 1. The van der Waals surface area contributed by atoms with Crippen LogP contribution in [0.3, 0.4) is 0 Å². The van der Waals surface area contributed by atoms with Crippen LogP contribution in [0.5, 0.6) is 5.75 Å². The lowest BCUT2D eigenvalue weighted by Gasteiger charge is -2.14. The fourth-order valence-corrected chi connectivity index (χ4v) is 2.08. The number of benzene rings is 1. The van der Waals surface area contributed by atoms with E-state index in [0.717, 1.165) is 5.56 Å². The molecule has 1 unspecified atom stereocenters. The van der Waals surface area contributed by atoms with Crippen LogP contribution in [0.25, 0.3) is 0 Å². The summed E-state index contributed by atoms with van der Waals surface area (Å²) in [4.78, 5) is 25.4. The molecule has 1 amide bonds. The minimum atomic E-state index is -0.927. The SMILES string of the molecule is Cc1ccc(Cl)c(OCC(O)CNCCNC(=O)COCCO[N+](=O)[O-])c1. The first-order valence-electron chi connectivity index (χ1n) is 8.28. The molecule has 1 aromatic carbocycles. The van der Waals surface area contributed by atoms with E-state index in [-0.39, 0.29) is 38.9 Å². The van der Waals surface area contributed by atoms with Crippen molar-refractivity contribution in [3.63, 3.8) is 0 Å². The molecule has 152 valence electrons. The minimum absolute atomic E-state index is 0.0518. The number of aryl methyl sites for hydroxylation is 1. The van der Waals surface area contributed by atoms with Crippen molar-refractivity contribution in [3.8, 4) is 5.75 Å². The third-order valence-corrected chi connectivity index (χ3v) is 3.49. The number of amides is 1. The van der Waals surface area contributed by atoms with Crippen LogP contribution in [0, 0.1) is 17.0 Å². The Balaban J connectivity index is 2.03. The van der Waals surface area contributed by atoms with Crippen molar-refractivity contribution < 1.29 is 29.3 Å². The van der Waals surface area contributed by atoms with Crippen LogP contribution < -0.4 is 15.4 Å². The second-order valence-corrected chi connectivity index (χ2v) is 5.97. The lowest BCUT2D eigenvalue weighted by atomic mass is 10.2. The molecule has 11 heteroatoms. The first-order valence-corrected chi connectivity index (χ1v) is 8.65. The summed E-state index contributed by atoms with van der Waals surface area (Å²) in [7, 11) is 0. The molecule has 1 aromatic rings. The molecule has 0 spiro atoms. The molecule has 0 saturated heterocycles. The van der Waals surface area contributed by atoms with Gasteiger partial charge in [-0.2, -0.15) is 0 Å². The molecule has 0 saturated carbocycles. The van der Waals surface area contributed by atoms with Crippen LogP contribution in [0.15, 0.2) is 18.2 Å². The van der Waals surface area contributed by atoms with Crippen LogP contribution in [-0.4, -0.2) is 68.3 Å². The van der Waals surface area contributed by atoms with Gasteiger partial charge in [-0.25, -0.2) is 0 Å². The summed E-state index contributed by atoms with van der Waals surface area (Å²) in [6, 6.07) is 5.40. The number of aliphatic hydroxyl groups excluding tert-OH is 1. The van der Waals surface area contributed by atoms with Gasteiger partial charge in [-0.05, 0) is 24.6 Å². The summed E-state index contributed by atoms with van der Waals surface area (Å²) in [5.74, 6) is 0.169. The van der Waals surface area contributed by atoms with Crippen molar-refractivity contribution in [3.05, 3.63) is 38.9 Å². The van der Waals surface area contributed by atoms with Gasteiger partial charge < -0.3 is 30.1 Å². The maximum Gasteiger partial charge on any atom is 0.294 e. The van der Waals surface area contributed by atoms with E-state index >= 15 is 0 Å². The fourth-order valence-electron chi connectivity index (χ4n) is 1.91. The molecule has 0 heterocycles. The number of hydrogen-bond donors (Lipinski definition) is 3. The molecular weight excluding hydrogens is 382 g/mol. The van der Waals surface area contributed by atoms with Gasteiger partial charge >= 0.3 is 0 Å². The van der Waals surface area contributed by atoms with Gasteiger partial charge in [-0.15, -0.1) is 10.1 Å². The summed E-state index contributed by atoms with van der Waals surface area (Å²) >= 11 is 6.01. The number of nitrogens with zero attached hydrogens (tertiary/aromatic N) is 1. The highest BCUT2D eigenvalue weighted by Gasteiger charge is 2.08. The third-order valence-electron chi connectivity index (χ3n) is 3.18. The van der Waals surface area contributed by atoms with E-state index in [1.807, 2.05) is 13.0 Å². The third kappa shape index (κ3) is 11.2. The van der Waals surface area contributed by atoms with Gasteiger partial charge in [-0.3, -0.25) is 4.79 Å². The minimum Gasteiger partial charge on any atom is -0.489 e. The molecular formula is C16H24ClN3O7. The topological polar surface area (TPSA) is 132 Å². The molecule has 1 rings (SSSR count). The highest BCUT2D eigenvalue weighted by Crippen LogP contribution is 2.25. The Labute approximate surface area is 161 Å². The Bertz CT molecular complexity index is 603. The molecule has 3 N–H and O–H groups in total. The zero-order chi connectivity index (χ0) is 20.1. The molecule has 27 heavy (non-hydrogen) atoms. The molecule has 0 aliphatic heterocycles. The van der Waals surface area contributed by atoms with Gasteiger partial charge in [0.2, 0.25) is 5.91 Å². The summed E-state index contributed by atoms with van der Waals surface area (Å²) in [6.45, 7) is 2.58. The number of hydrogen-bond acceptors (Lipinski definition) is 8. The number of nitrogens with one attached hydrogen (secondary N) is 2. The van der Waals surface area contributed by atoms with Crippen molar-refractivity contribution >= 4 is 17.5 Å². The standard InChI is InChI=1S/C16H24ClN3O7/c1-12-2-3-14(17)15(8-12)26-10-13(21)9-18-4-5-19-16(22)11-25-6-7-27-20(23)24/h2-3,8,13,18,21H,4-7,9-11H2,1H3,(H,19,22). The van der Waals surface area contributed by atoms with Gasteiger partial charge in [0.15, 0.2) is 0 Å². The highest BCUT2D eigenvalue weighted by atomic mass is 35.5. The van der Waals surface area contributed by atoms with Crippen molar-refractivity contribution in [2.45, 2.75) is 13.0 Å². The van der Waals surface area contributed by atoms with Gasteiger partial charge in [0.1, 0.15) is 31.7 Å². The van der Waals surface area contributed by atoms with E-state index in [2.05, 4.69) is 15.5 Å². The number of rotatable bonds is 14. The highest BCUT2D eigenvalue weighted by molar-refractivity contribution is 6.32. The van der Waals surface area contributed by atoms with E-state index in [1.165, 1.54) is 0 Å². The van der Waals surface area contributed by atoms with Gasteiger partial charge in [0.05, 0.1) is 11.6 Å². The normalized spacial score (nSPS) is 11.7. The number of halogens is 1. The molecule has 1 atom stereocenters. The van der Waals surface area contributed by atoms with Crippen LogP contribution in [-0.2, 0) is 14.4 Å².